The van der Waals surface area contributed by atoms with Crippen molar-refractivity contribution >= 4 is 15.9 Å². The summed E-state index contributed by atoms with van der Waals surface area (Å²) < 4.78 is 3.30. The van der Waals surface area contributed by atoms with Gasteiger partial charge in [-0.25, -0.2) is 0 Å². The quantitative estimate of drug-likeness (QED) is 0.848. The fraction of sp³-hybridized carbons (Fsp3) is 0.812. The first-order valence-corrected chi connectivity index (χ1v) is 9.02. The number of piperidine rings is 1. The summed E-state index contributed by atoms with van der Waals surface area (Å²) >= 11 is 3.74. The Labute approximate surface area is 136 Å². The zero-order valence-electron chi connectivity index (χ0n) is 13.5. The number of rotatable bonds is 6. The lowest BCUT2D eigenvalue weighted by Crippen LogP contribution is -2.41. The highest BCUT2D eigenvalue weighted by Crippen LogP contribution is 2.28. The molecule has 0 bridgehead atoms. The van der Waals surface area contributed by atoms with E-state index < -0.39 is 0 Å². The third kappa shape index (κ3) is 4.08. The number of nitrogens with zero attached hydrogens (tertiary/aromatic N) is 3. The lowest BCUT2D eigenvalue weighted by molar-refractivity contribution is 0.0797. The fourth-order valence-electron chi connectivity index (χ4n) is 3.29. The second kappa shape index (κ2) is 7.75. The Bertz CT molecular complexity index is 459. The highest BCUT2D eigenvalue weighted by molar-refractivity contribution is 9.10. The van der Waals surface area contributed by atoms with Crippen molar-refractivity contribution in [2.75, 3.05) is 6.54 Å². The van der Waals surface area contributed by atoms with Crippen LogP contribution in [-0.2, 0) is 19.5 Å². The van der Waals surface area contributed by atoms with E-state index in [4.69, 9.17) is 5.10 Å². The average Bonchev–Trinajstić information content (AvgIpc) is 2.77. The molecule has 5 heteroatoms. The van der Waals surface area contributed by atoms with Crippen LogP contribution in [-0.4, -0.2) is 38.5 Å². The number of aromatic nitrogens is 2. The van der Waals surface area contributed by atoms with E-state index in [0.717, 1.165) is 38.2 Å². The molecule has 1 aliphatic rings. The summed E-state index contributed by atoms with van der Waals surface area (Å²) in [5.74, 6) is 0. The largest absolute Gasteiger partial charge is 0.393 e. The van der Waals surface area contributed by atoms with Gasteiger partial charge in [0.1, 0.15) is 0 Å². The summed E-state index contributed by atoms with van der Waals surface area (Å²) in [4.78, 5) is 2.53. The van der Waals surface area contributed by atoms with E-state index in [9.17, 15) is 5.11 Å². The van der Waals surface area contributed by atoms with E-state index in [2.05, 4.69) is 39.4 Å². The molecule has 0 spiro atoms. The molecule has 1 aliphatic heterocycles. The lowest BCUT2D eigenvalue weighted by atomic mass is 9.97. The van der Waals surface area contributed by atoms with E-state index >= 15 is 0 Å². The Morgan fingerprint density at radius 3 is 2.76 bits per heavy atom. The molecule has 21 heavy (non-hydrogen) atoms. The van der Waals surface area contributed by atoms with Crippen LogP contribution in [0.3, 0.4) is 0 Å². The lowest BCUT2D eigenvalue weighted by Gasteiger charge is -2.36. The van der Waals surface area contributed by atoms with Gasteiger partial charge in [-0.15, -0.1) is 0 Å². The highest BCUT2D eigenvalue weighted by atomic mass is 79.9. The monoisotopic (exact) mass is 357 g/mol. The van der Waals surface area contributed by atoms with Crippen molar-refractivity contribution in [2.45, 2.75) is 78.1 Å². The van der Waals surface area contributed by atoms with Gasteiger partial charge in [-0.3, -0.25) is 9.58 Å². The third-order valence-electron chi connectivity index (χ3n) is 4.41. The minimum atomic E-state index is -0.221. The molecule has 0 radical (unpaired) electrons. The van der Waals surface area contributed by atoms with Crippen molar-refractivity contribution in [2.24, 2.45) is 0 Å². The van der Waals surface area contributed by atoms with Gasteiger partial charge in [0, 0.05) is 19.1 Å². The summed E-state index contributed by atoms with van der Waals surface area (Å²) in [6.07, 6.45) is 5.35. The van der Waals surface area contributed by atoms with Crippen LogP contribution in [0.15, 0.2) is 4.47 Å². The standard InChI is InChI=1S/C16H28BrN3O/c1-4-14-16(17)15(20(5-2)18-14)11-19-9-7-6-8-13(19)10-12(3)21/h12-13,21H,4-11H2,1-3H3. The zero-order valence-corrected chi connectivity index (χ0v) is 15.1. The number of likely N-dealkylation sites (tertiary alicyclic amines) is 1. The van der Waals surface area contributed by atoms with Crippen LogP contribution in [0.1, 0.15) is 57.8 Å². The van der Waals surface area contributed by atoms with Gasteiger partial charge in [0.15, 0.2) is 0 Å². The predicted molar refractivity (Wildman–Crippen MR) is 89.3 cm³/mol. The van der Waals surface area contributed by atoms with E-state index in [1.54, 1.807) is 0 Å². The van der Waals surface area contributed by atoms with Gasteiger partial charge in [-0.1, -0.05) is 13.3 Å². The van der Waals surface area contributed by atoms with Crippen molar-refractivity contribution in [3.63, 3.8) is 0 Å². The van der Waals surface area contributed by atoms with Gasteiger partial charge in [0.05, 0.1) is 22.0 Å². The van der Waals surface area contributed by atoms with Crippen molar-refractivity contribution in [1.82, 2.24) is 14.7 Å². The second-order valence-electron chi connectivity index (χ2n) is 6.08. The van der Waals surface area contributed by atoms with Gasteiger partial charge in [-0.05, 0) is 62.0 Å². The molecule has 1 aromatic rings. The van der Waals surface area contributed by atoms with E-state index in [1.165, 1.54) is 29.4 Å². The molecule has 2 unspecified atom stereocenters. The molecule has 2 rings (SSSR count). The van der Waals surface area contributed by atoms with Gasteiger partial charge >= 0.3 is 0 Å². The van der Waals surface area contributed by atoms with Crippen molar-refractivity contribution in [3.8, 4) is 0 Å². The predicted octanol–water partition coefficient (Wildman–Crippen LogP) is 3.35. The van der Waals surface area contributed by atoms with Crippen LogP contribution in [0.4, 0.5) is 0 Å². The van der Waals surface area contributed by atoms with E-state index in [0.29, 0.717) is 6.04 Å². The van der Waals surface area contributed by atoms with Crippen molar-refractivity contribution in [3.05, 3.63) is 15.9 Å². The van der Waals surface area contributed by atoms with E-state index in [1.807, 2.05) is 6.92 Å². The van der Waals surface area contributed by atoms with Crippen molar-refractivity contribution in [1.29, 1.82) is 0 Å². The van der Waals surface area contributed by atoms with Crippen LogP contribution in [0.2, 0.25) is 0 Å². The number of aryl methyl sites for hydroxylation is 2. The number of halogens is 1. The maximum absolute atomic E-state index is 9.73. The first-order valence-electron chi connectivity index (χ1n) is 8.22. The van der Waals surface area contributed by atoms with Gasteiger partial charge in [0.2, 0.25) is 0 Å². The molecular formula is C16H28BrN3O. The molecule has 0 saturated carbocycles. The molecule has 1 saturated heterocycles. The van der Waals surface area contributed by atoms with Crippen LogP contribution in [0.25, 0.3) is 0 Å². The van der Waals surface area contributed by atoms with Crippen LogP contribution >= 0.6 is 15.9 Å². The maximum atomic E-state index is 9.73. The van der Waals surface area contributed by atoms with Crippen molar-refractivity contribution < 1.29 is 5.11 Å². The molecule has 1 fully saturated rings. The third-order valence-corrected chi connectivity index (χ3v) is 5.32. The summed E-state index contributed by atoms with van der Waals surface area (Å²) in [6, 6.07) is 0.496. The molecule has 0 aromatic carbocycles. The molecule has 2 heterocycles. The molecule has 4 nitrogen and oxygen atoms in total. The number of hydrogen-bond acceptors (Lipinski definition) is 3. The zero-order chi connectivity index (χ0) is 15.4. The minimum absolute atomic E-state index is 0.221. The molecule has 1 N–H and O–H groups in total. The Kier molecular flexibility index (Phi) is 6.26. The minimum Gasteiger partial charge on any atom is -0.393 e. The highest BCUT2D eigenvalue weighted by Gasteiger charge is 2.26. The molecule has 0 aliphatic carbocycles. The average molecular weight is 358 g/mol. The Hall–Kier alpha value is -0.390. The number of hydrogen-bond donors (Lipinski definition) is 1. The van der Waals surface area contributed by atoms with Gasteiger partial charge < -0.3 is 5.11 Å². The SMILES string of the molecule is CCc1nn(CC)c(CN2CCCCC2CC(C)O)c1Br. The molecule has 2 atom stereocenters. The molecule has 0 amide bonds. The van der Waals surface area contributed by atoms with Gasteiger partial charge in [0.25, 0.3) is 0 Å². The fourth-order valence-corrected chi connectivity index (χ4v) is 3.98. The Balaban J connectivity index is 2.16. The van der Waals surface area contributed by atoms with Crippen LogP contribution in [0, 0.1) is 0 Å². The molecule has 120 valence electrons. The maximum Gasteiger partial charge on any atom is 0.0767 e. The van der Waals surface area contributed by atoms with Crippen LogP contribution < -0.4 is 0 Å². The summed E-state index contributed by atoms with van der Waals surface area (Å²) in [5.41, 5.74) is 2.43. The smallest absolute Gasteiger partial charge is 0.0767 e. The Morgan fingerprint density at radius 2 is 2.14 bits per heavy atom. The number of aliphatic hydroxyl groups is 1. The topological polar surface area (TPSA) is 41.3 Å². The van der Waals surface area contributed by atoms with Crippen LogP contribution in [0.5, 0.6) is 0 Å². The Morgan fingerprint density at radius 1 is 1.38 bits per heavy atom. The summed E-state index contributed by atoms with van der Waals surface area (Å²) in [7, 11) is 0. The van der Waals surface area contributed by atoms with Gasteiger partial charge in [-0.2, -0.15) is 5.10 Å². The summed E-state index contributed by atoms with van der Waals surface area (Å²) in [5, 5.41) is 14.4. The molecule has 1 aromatic heterocycles. The van der Waals surface area contributed by atoms with E-state index in [-0.39, 0.29) is 6.10 Å². The number of aliphatic hydroxyl groups excluding tert-OH is 1. The second-order valence-corrected chi connectivity index (χ2v) is 6.87. The normalized spacial score (nSPS) is 21.7. The first kappa shape index (κ1) is 17.0. The molecular weight excluding hydrogens is 330 g/mol. The first-order chi connectivity index (χ1) is 10.1. The summed E-state index contributed by atoms with van der Waals surface area (Å²) in [6.45, 7) is 9.15.